The molecule has 1 aromatic heterocycles. The van der Waals surface area contributed by atoms with Crippen molar-refractivity contribution in [3.8, 4) is 0 Å². The average molecular weight is 138 g/mol. The minimum atomic E-state index is 0.497. The van der Waals surface area contributed by atoms with Gasteiger partial charge in [-0.15, -0.1) is 0 Å². The maximum absolute atomic E-state index is 5.44. The zero-order valence-electron chi connectivity index (χ0n) is 5.70. The van der Waals surface area contributed by atoms with Gasteiger partial charge in [0.05, 0.1) is 12.6 Å². The SMILES string of the molecule is NCc1ncnn1C1CC1. The highest BCUT2D eigenvalue weighted by Crippen LogP contribution is 2.34. The van der Waals surface area contributed by atoms with Crippen molar-refractivity contribution in [3.63, 3.8) is 0 Å². The Morgan fingerprint density at radius 2 is 2.50 bits per heavy atom. The summed E-state index contributed by atoms with van der Waals surface area (Å²) in [7, 11) is 0. The van der Waals surface area contributed by atoms with E-state index in [1.807, 2.05) is 4.68 Å². The third-order valence-corrected chi connectivity index (χ3v) is 1.72. The predicted molar refractivity (Wildman–Crippen MR) is 36.2 cm³/mol. The quantitative estimate of drug-likeness (QED) is 0.629. The summed E-state index contributed by atoms with van der Waals surface area (Å²) in [5, 5.41) is 4.07. The van der Waals surface area contributed by atoms with Gasteiger partial charge in [-0.05, 0) is 12.8 Å². The molecule has 1 heterocycles. The van der Waals surface area contributed by atoms with Crippen molar-refractivity contribution in [2.45, 2.75) is 25.4 Å². The third-order valence-electron chi connectivity index (χ3n) is 1.72. The van der Waals surface area contributed by atoms with Crippen molar-refractivity contribution >= 4 is 0 Å². The van der Waals surface area contributed by atoms with Gasteiger partial charge in [0.2, 0.25) is 0 Å². The Kier molecular flexibility index (Phi) is 1.20. The minimum absolute atomic E-state index is 0.497. The Hall–Kier alpha value is -0.900. The molecule has 0 spiro atoms. The number of hydrogen-bond donors (Lipinski definition) is 1. The van der Waals surface area contributed by atoms with E-state index < -0.39 is 0 Å². The Labute approximate surface area is 59.1 Å². The molecular formula is C6H10N4. The van der Waals surface area contributed by atoms with Crippen LogP contribution in [0.15, 0.2) is 6.33 Å². The van der Waals surface area contributed by atoms with Crippen molar-refractivity contribution in [1.29, 1.82) is 0 Å². The zero-order chi connectivity index (χ0) is 6.97. The van der Waals surface area contributed by atoms with Gasteiger partial charge in [0.25, 0.3) is 0 Å². The van der Waals surface area contributed by atoms with Gasteiger partial charge < -0.3 is 5.73 Å². The lowest BCUT2D eigenvalue weighted by Crippen LogP contribution is -2.08. The highest BCUT2D eigenvalue weighted by molar-refractivity contribution is 4.91. The van der Waals surface area contributed by atoms with Crippen LogP contribution in [-0.4, -0.2) is 14.8 Å². The topological polar surface area (TPSA) is 56.7 Å². The molecular weight excluding hydrogens is 128 g/mol. The van der Waals surface area contributed by atoms with Crippen LogP contribution in [0.5, 0.6) is 0 Å². The molecule has 0 atom stereocenters. The van der Waals surface area contributed by atoms with Crippen LogP contribution in [0.1, 0.15) is 24.7 Å². The van der Waals surface area contributed by atoms with Crippen LogP contribution in [0.2, 0.25) is 0 Å². The van der Waals surface area contributed by atoms with Crippen molar-refractivity contribution in [1.82, 2.24) is 14.8 Å². The summed E-state index contributed by atoms with van der Waals surface area (Å²) >= 11 is 0. The van der Waals surface area contributed by atoms with E-state index in [0.717, 1.165) is 5.82 Å². The summed E-state index contributed by atoms with van der Waals surface area (Å²) in [6, 6.07) is 0.598. The van der Waals surface area contributed by atoms with Crippen molar-refractivity contribution in [2.75, 3.05) is 0 Å². The maximum Gasteiger partial charge on any atom is 0.140 e. The van der Waals surface area contributed by atoms with E-state index >= 15 is 0 Å². The Balaban J connectivity index is 2.28. The fraction of sp³-hybridized carbons (Fsp3) is 0.667. The largest absolute Gasteiger partial charge is 0.324 e. The van der Waals surface area contributed by atoms with Gasteiger partial charge in [-0.2, -0.15) is 5.10 Å². The maximum atomic E-state index is 5.44. The molecule has 1 fully saturated rings. The molecule has 10 heavy (non-hydrogen) atoms. The third kappa shape index (κ3) is 0.806. The highest BCUT2D eigenvalue weighted by Gasteiger charge is 2.26. The van der Waals surface area contributed by atoms with Crippen LogP contribution in [-0.2, 0) is 6.54 Å². The number of hydrogen-bond acceptors (Lipinski definition) is 3. The molecule has 0 aromatic carbocycles. The van der Waals surface area contributed by atoms with Gasteiger partial charge in [-0.25, -0.2) is 9.67 Å². The highest BCUT2D eigenvalue weighted by atomic mass is 15.4. The summed E-state index contributed by atoms with van der Waals surface area (Å²) in [6.07, 6.45) is 4.03. The first-order valence-corrected chi connectivity index (χ1v) is 3.50. The number of aromatic nitrogens is 3. The Morgan fingerprint density at radius 3 is 3.10 bits per heavy atom. The zero-order valence-corrected chi connectivity index (χ0v) is 5.70. The number of rotatable bonds is 2. The van der Waals surface area contributed by atoms with E-state index in [4.69, 9.17) is 5.73 Å². The molecule has 0 aliphatic heterocycles. The molecule has 0 saturated heterocycles. The van der Waals surface area contributed by atoms with E-state index in [1.54, 1.807) is 6.33 Å². The fourth-order valence-electron chi connectivity index (χ4n) is 1.04. The van der Waals surface area contributed by atoms with Crippen LogP contribution in [0, 0.1) is 0 Å². The molecule has 0 amide bonds. The van der Waals surface area contributed by atoms with Crippen LogP contribution in [0.4, 0.5) is 0 Å². The van der Waals surface area contributed by atoms with Gasteiger partial charge in [-0.3, -0.25) is 0 Å². The summed E-state index contributed by atoms with van der Waals surface area (Å²) in [5.41, 5.74) is 5.44. The van der Waals surface area contributed by atoms with Crippen LogP contribution >= 0.6 is 0 Å². The summed E-state index contributed by atoms with van der Waals surface area (Å²) in [4.78, 5) is 4.02. The summed E-state index contributed by atoms with van der Waals surface area (Å²) in [6.45, 7) is 0.497. The minimum Gasteiger partial charge on any atom is -0.324 e. The van der Waals surface area contributed by atoms with Gasteiger partial charge in [0, 0.05) is 0 Å². The lowest BCUT2D eigenvalue weighted by atomic mass is 10.6. The predicted octanol–water partition coefficient (Wildman–Crippen LogP) is 0.0717. The molecule has 0 radical (unpaired) electrons. The second-order valence-corrected chi connectivity index (χ2v) is 2.56. The molecule has 2 N–H and O–H groups in total. The van der Waals surface area contributed by atoms with Crippen molar-refractivity contribution in [2.24, 2.45) is 5.73 Å². The van der Waals surface area contributed by atoms with Gasteiger partial charge >= 0.3 is 0 Å². The monoisotopic (exact) mass is 138 g/mol. The molecule has 4 nitrogen and oxygen atoms in total. The van der Waals surface area contributed by atoms with Crippen LogP contribution in [0.25, 0.3) is 0 Å². The number of nitrogens with two attached hydrogens (primary N) is 1. The van der Waals surface area contributed by atoms with E-state index in [0.29, 0.717) is 12.6 Å². The first-order chi connectivity index (χ1) is 4.92. The second-order valence-electron chi connectivity index (χ2n) is 2.56. The summed E-state index contributed by atoms with van der Waals surface area (Å²) in [5.74, 6) is 0.905. The second kappa shape index (κ2) is 2.05. The van der Waals surface area contributed by atoms with Crippen molar-refractivity contribution < 1.29 is 0 Å². The van der Waals surface area contributed by atoms with E-state index in [9.17, 15) is 0 Å². The van der Waals surface area contributed by atoms with Gasteiger partial charge in [-0.1, -0.05) is 0 Å². The number of nitrogens with zero attached hydrogens (tertiary/aromatic N) is 3. The normalized spacial score (nSPS) is 17.7. The molecule has 1 aliphatic carbocycles. The molecule has 1 aromatic rings. The first-order valence-electron chi connectivity index (χ1n) is 3.50. The van der Waals surface area contributed by atoms with E-state index in [1.165, 1.54) is 12.8 Å². The van der Waals surface area contributed by atoms with Gasteiger partial charge in [0.1, 0.15) is 12.2 Å². The molecule has 4 heteroatoms. The standard InChI is InChI=1S/C6H10N4/c7-3-6-8-4-9-10(6)5-1-2-5/h4-5H,1-3,7H2. The lowest BCUT2D eigenvalue weighted by molar-refractivity contribution is 0.600. The fourth-order valence-corrected chi connectivity index (χ4v) is 1.04. The molecule has 0 bridgehead atoms. The van der Waals surface area contributed by atoms with Crippen molar-refractivity contribution in [3.05, 3.63) is 12.2 Å². The Bertz CT molecular complexity index is 225. The van der Waals surface area contributed by atoms with E-state index in [2.05, 4.69) is 10.1 Å². The van der Waals surface area contributed by atoms with E-state index in [-0.39, 0.29) is 0 Å². The smallest absolute Gasteiger partial charge is 0.140 e. The van der Waals surface area contributed by atoms with Crippen LogP contribution < -0.4 is 5.73 Å². The Morgan fingerprint density at radius 1 is 1.70 bits per heavy atom. The average Bonchev–Trinajstić information content (AvgIpc) is 2.69. The molecule has 1 saturated carbocycles. The van der Waals surface area contributed by atoms with Gasteiger partial charge in [0.15, 0.2) is 0 Å². The summed E-state index contributed by atoms with van der Waals surface area (Å²) < 4.78 is 1.93. The molecule has 54 valence electrons. The molecule has 1 aliphatic rings. The molecule has 2 rings (SSSR count). The lowest BCUT2D eigenvalue weighted by Gasteiger charge is -1.98. The first kappa shape index (κ1) is 5.85. The molecule has 0 unspecified atom stereocenters. The van der Waals surface area contributed by atoms with Crippen LogP contribution in [0.3, 0.4) is 0 Å².